The van der Waals surface area contributed by atoms with Crippen LogP contribution in [0.2, 0.25) is 0 Å². The number of rotatable bonds is 4. The molecule has 0 amide bonds. The average Bonchev–Trinajstić information content (AvgIpc) is 2.02. The maximum absolute atomic E-state index is 10.1. The molecule has 11 heavy (non-hydrogen) atoms. The van der Waals surface area contributed by atoms with Crippen LogP contribution in [0.25, 0.3) is 0 Å². The van der Waals surface area contributed by atoms with Gasteiger partial charge in [0.1, 0.15) is 6.29 Å². The van der Waals surface area contributed by atoms with Crippen LogP contribution in [0.3, 0.4) is 0 Å². The second kappa shape index (κ2) is 11.8. The molecule has 0 bridgehead atoms. The maximum atomic E-state index is 10.1. The molecule has 0 aromatic heterocycles. The molecule has 0 aromatic rings. The van der Waals surface area contributed by atoms with E-state index in [1.54, 1.807) is 0 Å². The number of aldehydes is 1. The van der Waals surface area contributed by atoms with Crippen LogP contribution < -0.4 is 0 Å². The van der Waals surface area contributed by atoms with Crippen LogP contribution in [0.5, 0.6) is 0 Å². The van der Waals surface area contributed by atoms with E-state index >= 15 is 0 Å². The lowest BCUT2D eigenvalue weighted by Crippen LogP contribution is -2.00. The van der Waals surface area contributed by atoms with Crippen LogP contribution >= 0.6 is 0 Å². The minimum Gasteiger partial charge on any atom is -0.466 e. The topological polar surface area (TPSA) is 63.6 Å². The van der Waals surface area contributed by atoms with Crippen LogP contribution in [-0.2, 0) is 14.3 Å². The Morgan fingerprint density at radius 2 is 2.09 bits per heavy atom. The predicted octanol–water partition coefficient (Wildman–Crippen LogP) is 0.137. The first-order chi connectivity index (χ1) is 5.27. The highest BCUT2D eigenvalue weighted by Crippen LogP contribution is 1.85. The Morgan fingerprint density at radius 3 is 2.45 bits per heavy atom. The van der Waals surface area contributed by atoms with Crippen molar-refractivity contribution >= 4 is 12.3 Å². The molecule has 4 nitrogen and oxygen atoms in total. The van der Waals surface area contributed by atoms with Gasteiger partial charge >= 0.3 is 5.97 Å². The van der Waals surface area contributed by atoms with E-state index in [2.05, 4.69) is 4.74 Å². The molecule has 0 atom stereocenters. The Balaban J connectivity index is 0. The van der Waals surface area contributed by atoms with Crippen LogP contribution in [0.15, 0.2) is 0 Å². The number of esters is 1. The van der Waals surface area contributed by atoms with Gasteiger partial charge in [-0.1, -0.05) is 0 Å². The van der Waals surface area contributed by atoms with E-state index in [0.717, 1.165) is 13.4 Å². The summed E-state index contributed by atoms with van der Waals surface area (Å²) in [4.78, 5) is 19.8. The standard InChI is InChI=1S/C6H10O3.CH4O/c1-6(8)9-5-3-2-4-7;1-2/h4H,2-3,5H2,1H3;2H,1H3. The zero-order valence-corrected chi connectivity index (χ0v) is 6.87. The van der Waals surface area contributed by atoms with Crippen LogP contribution in [-0.4, -0.2) is 31.1 Å². The van der Waals surface area contributed by atoms with Gasteiger partial charge in [-0.3, -0.25) is 4.79 Å². The van der Waals surface area contributed by atoms with Crippen molar-refractivity contribution in [2.75, 3.05) is 13.7 Å². The van der Waals surface area contributed by atoms with Gasteiger partial charge in [-0.15, -0.1) is 0 Å². The molecule has 0 saturated heterocycles. The predicted molar refractivity (Wildman–Crippen MR) is 40.1 cm³/mol. The summed E-state index contributed by atoms with van der Waals surface area (Å²) in [7, 11) is 1.00. The number of aliphatic hydroxyl groups is 1. The summed E-state index contributed by atoms with van der Waals surface area (Å²) < 4.78 is 4.55. The average molecular weight is 162 g/mol. The van der Waals surface area contributed by atoms with Crippen molar-refractivity contribution in [2.24, 2.45) is 0 Å². The summed E-state index contributed by atoms with van der Waals surface area (Å²) in [5.74, 6) is -0.291. The summed E-state index contributed by atoms with van der Waals surface area (Å²) in [5.41, 5.74) is 0. The highest BCUT2D eigenvalue weighted by Gasteiger charge is 1.90. The Labute approximate surface area is 66.2 Å². The number of hydrogen-bond acceptors (Lipinski definition) is 4. The number of hydrogen-bond donors (Lipinski definition) is 1. The first-order valence-corrected chi connectivity index (χ1v) is 3.29. The van der Waals surface area contributed by atoms with Crippen molar-refractivity contribution in [1.29, 1.82) is 0 Å². The summed E-state index contributed by atoms with van der Waals surface area (Å²) >= 11 is 0. The SMILES string of the molecule is CC(=O)OCCCC=O.CO. The smallest absolute Gasteiger partial charge is 0.302 e. The molecule has 0 aliphatic carbocycles. The molecule has 0 aliphatic heterocycles. The molecule has 0 heterocycles. The molecular weight excluding hydrogens is 148 g/mol. The molecule has 1 N–H and O–H groups in total. The number of ether oxygens (including phenoxy) is 1. The quantitative estimate of drug-likeness (QED) is 0.363. The van der Waals surface area contributed by atoms with Crippen LogP contribution in [0.1, 0.15) is 19.8 Å². The van der Waals surface area contributed by atoms with Gasteiger partial charge in [-0.2, -0.15) is 0 Å². The lowest BCUT2D eigenvalue weighted by atomic mass is 10.3. The van der Waals surface area contributed by atoms with Gasteiger partial charge in [0.05, 0.1) is 6.61 Å². The van der Waals surface area contributed by atoms with Crippen LogP contribution in [0, 0.1) is 0 Å². The number of carbonyl (C=O) groups excluding carboxylic acids is 2. The minimum atomic E-state index is -0.291. The molecule has 0 spiro atoms. The van der Waals surface area contributed by atoms with E-state index in [4.69, 9.17) is 5.11 Å². The zero-order valence-electron chi connectivity index (χ0n) is 6.87. The highest BCUT2D eigenvalue weighted by atomic mass is 16.5. The van der Waals surface area contributed by atoms with Gasteiger partial charge in [0.2, 0.25) is 0 Å². The molecule has 0 fully saturated rings. The Kier molecular flexibility index (Phi) is 13.7. The van der Waals surface area contributed by atoms with E-state index in [1.807, 2.05) is 0 Å². The normalized spacial score (nSPS) is 7.55. The van der Waals surface area contributed by atoms with Crippen LogP contribution in [0.4, 0.5) is 0 Å². The summed E-state index contributed by atoms with van der Waals surface area (Å²) in [6, 6.07) is 0. The Morgan fingerprint density at radius 1 is 1.55 bits per heavy atom. The summed E-state index contributed by atoms with van der Waals surface area (Å²) in [6.07, 6.45) is 1.90. The molecule has 0 aliphatic rings. The molecule has 0 radical (unpaired) electrons. The first-order valence-electron chi connectivity index (χ1n) is 3.29. The molecular formula is C7H14O4. The lowest BCUT2D eigenvalue weighted by molar-refractivity contribution is -0.141. The fourth-order valence-electron chi connectivity index (χ4n) is 0.383. The van der Waals surface area contributed by atoms with Gasteiger partial charge in [0, 0.05) is 20.5 Å². The van der Waals surface area contributed by atoms with E-state index < -0.39 is 0 Å². The molecule has 0 unspecified atom stereocenters. The van der Waals surface area contributed by atoms with Crippen molar-refractivity contribution in [2.45, 2.75) is 19.8 Å². The Bertz CT molecular complexity index is 101. The summed E-state index contributed by atoms with van der Waals surface area (Å²) in [6.45, 7) is 1.70. The molecule has 0 rings (SSSR count). The molecule has 0 aromatic carbocycles. The number of aliphatic hydroxyl groups excluding tert-OH is 1. The summed E-state index contributed by atoms with van der Waals surface area (Å²) in [5, 5.41) is 7.00. The van der Waals surface area contributed by atoms with E-state index in [0.29, 0.717) is 19.4 Å². The molecule has 4 heteroatoms. The van der Waals surface area contributed by atoms with Crippen molar-refractivity contribution in [3.05, 3.63) is 0 Å². The van der Waals surface area contributed by atoms with E-state index in [1.165, 1.54) is 6.92 Å². The zero-order chi connectivity index (χ0) is 9.11. The van der Waals surface area contributed by atoms with Gasteiger partial charge < -0.3 is 14.6 Å². The minimum absolute atomic E-state index is 0.291. The maximum Gasteiger partial charge on any atom is 0.302 e. The lowest BCUT2D eigenvalue weighted by Gasteiger charge is -1.96. The second-order valence-corrected chi connectivity index (χ2v) is 1.65. The van der Waals surface area contributed by atoms with Gasteiger partial charge in [-0.05, 0) is 6.42 Å². The third kappa shape index (κ3) is 17.6. The van der Waals surface area contributed by atoms with Crippen molar-refractivity contribution < 1.29 is 19.4 Å². The van der Waals surface area contributed by atoms with Crippen molar-refractivity contribution in [1.82, 2.24) is 0 Å². The second-order valence-electron chi connectivity index (χ2n) is 1.65. The molecule has 0 saturated carbocycles. The number of carbonyl (C=O) groups is 2. The van der Waals surface area contributed by atoms with Gasteiger partial charge in [0.25, 0.3) is 0 Å². The number of unbranched alkanes of at least 4 members (excludes halogenated alkanes) is 1. The largest absolute Gasteiger partial charge is 0.466 e. The van der Waals surface area contributed by atoms with Crippen molar-refractivity contribution in [3.63, 3.8) is 0 Å². The molecule has 66 valence electrons. The monoisotopic (exact) mass is 162 g/mol. The first kappa shape index (κ1) is 12.7. The highest BCUT2D eigenvalue weighted by molar-refractivity contribution is 5.65. The fraction of sp³-hybridized carbons (Fsp3) is 0.714. The third-order valence-corrected chi connectivity index (χ3v) is 0.772. The van der Waals surface area contributed by atoms with E-state index in [-0.39, 0.29) is 5.97 Å². The fourth-order valence-corrected chi connectivity index (χ4v) is 0.383. The third-order valence-electron chi connectivity index (χ3n) is 0.772. The van der Waals surface area contributed by atoms with Gasteiger partial charge in [-0.25, -0.2) is 0 Å². The van der Waals surface area contributed by atoms with Gasteiger partial charge in [0.15, 0.2) is 0 Å². The Hall–Kier alpha value is -0.900. The van der Waals surface area contributed by atoms with E-state index in [9.17, 15) is 9.59 Å². The van der Waals surface area contributed by atoms with Crippen molar-refractivity contribution in [3.8, 4) is 0 Å².